The topological polar surface area (TPSA) is 58.6 Å². The lowest BCUT2D eigenvalue weighted by Crippen LogP contribution is -2.40. The minimum Gasteiger partial charge on any atom is -0.497 e. The van der Waals surface area contributed by atoms with Gasteiger partial charge >= 0.3 is 0 Å². The van der Waals surface area contributed by atoms with E-state index in [4.69, 9.17) is 19.2 Å². The van der Waals surface area contributed by atoms with Crippen molar-refractivity contribution < 1.29 is 14.2 Å². The molecule has 0 atom stereocenters. The third-order valence-corrected chi connectivity index (χ3v) is 4.38. The summed E-state index contributed by atoms with van der Waals surface area (Å²) in [6, 6.07) is 5.89. The molecule has 0 spiro atoms. The normalized spacial score (nSPS) is 15.6. The monoisotopic (exact) mass is 364 g/mol. The Hall–Kier alpha value is -1.99. The molecule has 0 unspecified atom stereocenters. The molecule has 1 N–H and O–H groups in total. The molecule has 0 amide bonds. The van der Waals surface area contributed by atoms with Gasteiger partial charge in [-0.25, -0.2) is 0 Å². The molecule has 26 heavy (non-hydrogen) atoms. The van der Waals surface area contributed by atoms with Crippen molar-refractivity contribution in [1.29, 1.82) is 0 Å². The van der Waals surface area contributed by atoms with Crippen molar-refractivity contribution in [3.05, 3.63) is 23.8 Å². The van der Waals surface area contributed by atoms with Crippen molar-refractivity contribution >= 4 is 5.96 Å². The van der Waals surface area contributed by atoms with Gasteiger partial charge in [-0.1, -0.05) is 0 Å². The van der Waals surface area contributed by atoms with Gasteiger partial charge < -0.3 is 24.4 Å². The van der Waals surface area contributed by atoms with Crippen molar-refractivity contribution in [3.8, 4) is 11.5 Å². The number of morpholine rings is 1. The predicted octanol–water partition coefficient (Wildman–Crippen LogP) is 1.43. The standard InChI is InChI=1S/C19H32N4O3/c1-5-20-19(21-8-9-23-10-12-26-13-11-23)22(2)15-16-6-7-17(24-3)14-18(16)25-4/h6-7,14H,5,8-13,15H2,1-4H3,(H,20,21). The van der Waals surface area contributed by atoms with E-state index in [1.54, 1.807) is 14.2 Å². The summed E-state index contributed by atoms with van der Waals surface area (Å²) in [6.07, 6.45) is 0. The third-order valence-electron chi connectivity index (χ3n) is 4.38. The highest BCUT2D eigenvalue weighted by Gasteiger charge is 2.12. The first kappa shape index (κ1) is 20.3. The number of guanidine groups is 1. The van der Waals surface area contributed by atoms with Crippen LogP contribution in [-0.4, -0.2) is 83.0 Å². The highest BCUT2D eigenvalue weighted by molar-refractivity contribution is 5.79. The molecule has 7 nitrogen and oxygen atoms in total. The highest BCUT2D eigenvalue weighted by atomic mass is 16.5. The first-order valence-electron chi connectivity index (χ1n) is 9.18. The van der Waals surface area contributed by atoms with Crippen LogP contribution in [0.3, 0.4) is 0 Å². The summed E-state index contributed by atoms with van der Waals surface area (Å²) >= 11 is 0. The number of benzene rings is 1. The molecule has 0 aliphatic carbocycles. The van der Waals surface area contributed by atoms with E-state index < -0.39 is 0 Å². The number of nitrogens with one attached hydrogen (secondary N) is 1. The molecule has 1 aromatic carbocycles. The highest BCUT2D eigenvalue weighted by Crippen LogP contribution is 2.25. The zero-order valence-electron chi connectivity index (χ0n) is 16.5. The first-order chi connectivity index (χ1) is 12.7. The fourth-order valence-corrected chi connectivity index (χ4v) is 2.90. The largest absolute Gasteiger partial charge is 0.497 e. The van der Waals surface area contributed by atoms with E-state index in [1.165, 1.54) is 0 Å². The number of ether oxygens (including phenoxy) is 3. The second-order valence-electron chi connectivity index (χ2n) is 6.22. The molecule has 7 heteroatoms. The number of nitrogens with zero attached hydrogens (tertiary/aromatic N) is 3. The number of hydrogen-bond acceptors (Lipinski definition) is 5. The molecular formula is C19H32N4O3. The molecule has 2 rings (SSSR count). The lowest BCUT2D eigenvalue weighted by molar-refractivity contribution is 0.0394. The summed E-state index contributed by atoms with van der Waals surface area (Å²) in [5.41, 5.74) is 1.09. The summed E-state index contributed by atoms with van der Waals surface area (Å²) in [4.78, 5) is 9.29. The lowest BCUT2D eigenvalue weighted by atomic mass is 10.2. The smallest absolute Gasteiger partial charge is 0.194 e. The zero-order chi connectivity index (χ0) is 18.8. The number of hydrogen-bond donors (Lipinski definition) is 1. The Labute approximate surface area is 156 Å². The third kappa shape index (κ3) is 6.07. The second kappa shape index (κ2) is 10.9. The SMILES string of the molecule is CCNC(=NCCN1CCOCC1)N(C)Cc1ccc(OC)cc1OC. The van der Waals surface area contributed by atoms with Crippen LogP contribution in [0, 0.1) is 0 Å². The number of aliphatic imine (C=N–C) groups is 1. The van der Waals surface area contributed by atoms with Crippen molar-refractivity contribution in [2.24, 2.45) is 4.99 Å². The van der Waals surface area contributed by atoms with Crippen LogP contribution in [0.15, 0.2) is 23.2 Å². The van der Waals surface area contributed by atoms with Crippen LogP contribution >= 0.6 is 0 Å². The Morgan fingerprint density at radius 2 is 2.04 bits per heavy atom. The van der Waals surface area contributed by atoms with Gasteiger partial charge in [0.25, 0.3) is 0 Å². The Morgan fingerprint density at radius 1 is 1.27 bits per heavy atom. The van der Waals surface area contributed by atoms with E-state index in [2.05, 4.69) is 22.0 Å². The second-order valence-corrected chi connectivity index (χ2v) is 6.22. The van der Waals surface area contributed by atoms with Gasteiger partial charge in [-0.05, 0) is 19.1 Å². The van der Waals surface area contributed by atoms with Crippen molar-refractivity contribution in [2.75, 3.05) is 67.2 Å². The van der Waals surface area contributed by atoms with E-state index in [9.17, 15) is 0 Å². The molecular weight excluding hydrogens is 332 g/mol. The molecule has 1 aliphatic heterocycles. The predicted molar refractivity (Wildman–Crippen MR) is 104 cm³/mol. The van der Waals surface area contributed by atoms with Crippen LogP contribution in [0.4, 0.5) is 0 Å². The minimum absolute atomic E-state index is 0.705. The van der Waals surface area contributed by atoms with Gasteiger partial charge in [0.05, 0.1) is 34.0 Å². The Balaban J connectivity index is 1.98. The van der Waals surface area contributed by atoms with Crippen LogP contribution in [0.25, 0.3) is 0 Å². The maximum absolute atomic E-state index is 5.50. The van der Waals surface area contributed by atoms with Gasteiger partial charge in [-0.15, -0.1) is 0 Å². The van der Waals surface area contributed by atoms with Gasteiger partial charge in [-0.2, -0.15) is 0 Å². The molecule has 146 valence electrons. The van der Waals surface area contributed by atoms with Gasteiger partial charge in [-0.3, -0.25) is 9.89 Å². The van der Waals surface area contributed by atoms with Crippen LogP contribution < -0.4 is 14.8 Å². The molecule has 1 aliphatic rings. The Bertz CT molecular complexity index is 574. The van der Waals surface area contributed by atoms with Crippen LogP contribution in [-0.2, 0) is 11.3 Å². The molecule has 1 aromatic rings. The van der Waals surface area contributed by atoms with Crippen LogP contribution in [0.2, 0.25) is 0 Å². The van der Waals surface area contributed by atoms with Crippen LogP contribution in [0.5, 0.6) is 11.5 Å². The maximum atomic E-state index is 5.50. The molecule has 0 radical (unpaired) electrons. The molecule has 1 saturated heterocycles. The van der Waals surface area contributed by atoms with Crippen molar-refractivity contribution in [3.63, 3.8) is 0 Å². The molecule has 1 fully saturated rings. The van der Waals surface area contributed by atoms with Gasteiger partial charge in [0.2, 0.25) is 0 Å². The molecule has 0 saturated carbocycles. The summed E-state index contributed by atoms with van der Waals surface area (Å²) < 4.78 is 16.2. The maximum Gasteiger partial charge on any atom is 0.194 e. The summed E-state index contributed by atoms with van der Waals surface area (Å²) in [5.74, 6) is 2.51. The number of rotatable bonds is 8. The van der Waals surface area contributed by atoms with E-state index in [0.29, 0.717) is 6.54 Å². The van der Waals surface area contributed by atoms with Crippen molar-refractivity contribution in [2.45, 2.75) is 13.5 Å². The fraction of sp³-hybridized carbons (Fsp3) is 0.632. The zero-order valence-corrected chi connectivity index (χ0v) is 16.5. The average Bonchev–Trinajstić information content (AvgIpc) is 2.68. The number of methoxy groups -OCH3 is 2. The Morgan fingerprint density at radius 3 is 2.69 bits per heavy atom. The Kier molecular flexibility index (Phi) is 8.50. The van der Waals surface area contributed by atoms with Gasteiger partial charge in [0.1, 0.15) is 11.5 Å². The summed E-state index contributed by atoms with van der Waals surface area (Å²) in [6.45, 7) is 8.97. The molecule has 0 aromatic heterocycles. The molecule has 0 bridgehead atoms. The van der Waals surface area contributed by atoms with E-state index in [1.807, 2.05) is 25.2 Å². The van der Waals surface area contributed by atoms with Crippen molar-refractivity contribution in [1.82, 2.24) is 15.1 Å². The van der Waals surface area contributed by atoms with Gasteiger partial charge in [0, 0.05) is 51.4 Å². The van der Waals surface area contributed by atoms with Crippen LogP contribution in [0.1, 0.15) is 12.5 Å². The lowest BCUT2D eigenvalue weighted by Gasteiger charge is -2.26. The minimum atomic E-state index is 0.705. The molecule has 1 heterocycles. The van der Waals surface area contributed by atoms with E-state index >= 15 is 0 Å². The fourth-order valence-electron chi connectivity index (χ4n) is 2.90. The van der Waals surface area contributed by atoms with Gasteiger partial charge in [0.15, 0.2) is 5.96 Å². The quantitative estimate of drug-likeness (QED) is 0.556. The summed E-state index contributed by atoms with van der Waals surface area (Å²) in [7, 11) is 5.38. The summed E-state index contributed by atoms with van der Waals surface area (Å²) in [5, 5.41) is 3.37. The van der Waals surface area contributed by atoms with E-state index in [0.717, 1.165) is 69.0 Å². The first-order valence-corrected chi connectivity index (χ1v) is 9.18. The average molecular weight is 364 g/mol. The van der Waals surface area contributed by atoms with E-state index in [-0.39, 0.29) is 0 Å².